The minimum absolute atomic E-state index is 0.140. The van der Waals surface area contributed by atoms with Crippen LogP contribution in [0.2, 0.25) is 0 Å². The van der Waals surface area contributed by atoms with E-state index in [-0.39, 0.29) is 29.9 Å². The van der Waals surface area contributed by atoms with Crippen LogP contribution in [0.15, 0.2) is 30.3 Å². The number of amides is 2. The van der Waals surface area contributed by atoms with Gasteiger partial charge in [0.1, 0.15) is 5.78 Å². The molecule has 2 fully saturated rings. The average molecular weight is 257 g/mol. The fourth-order valence-corrected chi connectivity index (χ4v) is 3.09. The summed E-state index contributed by atoms with van der Waals surface area (Å²) in [5, 5.41) is 0. The van der Waals surface area contributed by atoms with Gasteiger partial charge in [-0.1, -0.05) is 18.2 Å². The van der Waals surface area contributed by atoms with Gasteiger partial charge in [0.05, 0.1) is 11.6 Å². The molecule has 1 saturated heterocycles. The molecule has 1 aromatic rings. The molecular formula is C15H15NO3. The molecule has 98 valence electrons. The molecule has 2 amide bonds. The van der Waals surface area contributed by atoms with Crippen molar-refractivity contribution in [2.75, 3.05) is 4.90 Å². The van der Waals surface area contributed by atoms with Crippen molar-refractivity contribution in [2.24, 2.45) is 11.8 Å². The summed E-state index contributed by atoms with van der Waals surface area (Å²) in [6, 6.07) is 8.92. The summed E-state index contributed by atoms with van der Waals surface area (Å²) >= 11 is 0. The lowest BCUT2D eigenvalue weighted by Crippen LogP contribution is -2.33. The number of rotatable bonds is 2. The molecule has 0 unspecified atom stereocenters. The molecule has 1 heterocycles. The number of ketones is 1. The van der Waals surface area contributed by atoms with Gasteiger partial charge in [-0.25, -0.2) is 0 Å². The van der Waals surface area contributed by atoms with E-state index in [2.05, 4.69) is 0 Å². The Morgan fingerprint density at radius 2 is 1.74 bits per heavy atom. The fourth-order valence-electron chi connectivity index (χ4n) is 3.09. The number of carbonyl (C=O) groups is 3. The molecule has 4 heteroatoms. The lowest BCUT2D eigenvalue weighted by molar-refractivity contribution is -0.129. The van der Waals surface area contributed by atoms with Crippen molar-refractivity contribution in [2.45, 2.75) is 25.7 Å². The van der Waals surface area contributed by atoms with E-state index in [1.54, 1.807) is 24.3 Å². The molecular weight excluding hydrogens is 242 g/mol. The molecule has 2 aliphatic rings. The fraction of sp³-hybridized carbons (Fsp3) is 0.400. The van der Waals surface area contributed by atoms with Gasteiger partial charge >= 0.3 is 0 Å². The van der Waals surface area contributed by atoms with Crippen molar-refractivity contribution in [1.82, 2.24) is 0 Å². The Balaban J connectivity index is 1.87. The Hall–Kier alpha value is -1.97. The molecule has 0 N–H and O–H groups in total. The summed E-state index contributed by atoms with van der Waals surface area (Å²) in [7, 11) is 0. The van der Waals surface area contributed by atoms with Gasteiger partial charge in [-0.15, -0.1) is 0 Å². The third-order valence-electron chi connectivity index (χ3n) is 4.03. The molecule has 4 nitrogen and oxygen atoms in total. The van der Waals surface area contributed by atoms with E-state index >= 15 is 0 Å². The van der Waals surface area contributed by atoms with Crippen molar-refractivity contribution in [3.8, 4) is 0 Å². The number of Topliss-reactive ketones (excluding diaryl/α,β-unsaturated/α-hetero) is 1. The van der Waals surface area contributed by atoms with E-state index in [0.717, 1.165) is 12.8 Å². The number of carbonyl (C=O) groups excluding carboxylic acids is 3. The van der Waals surface area contributed by atoms with Gasteiger partial charge in [-0.05, 0) is 25.0 Å². The highest BCUT2D eigenvalue weighted by molar-refractivity contribution is 6.21. The first-order valence-corrected chi connectivity index (χ1v) is 6.63. The van der Waals surface area contributed by atoms with Crippen molar-refractivity contribution in [1.29, 1.82) is 0 Å². The number of anilines is 1. The molecule has 2 atom stereocenters. The van der Waals surface area contributed by atoms with Crippen LogP contribution in [-0.2, 0) is 14.4 Å². The first-order valence-electron chi connectivity index (χ1n) is 6.63. The van der Waals surface area contributed by atoms with Crippen molar-refractivity contribution >= 4 is 23.3 Å². The largest absolute Gasteiger partial charge is 0.299 e. The Labute approximate surface area is 111 Å². The lowest BCUT2D eigenvalue weighted by Gasteiger charge is -2.17. The van der Waals surface area contributed by atoms with Crippen LogP contribution in [0.4, 0.5) is 5.69 Å². The number of nitrogens with zero attached hydrogens (tertiary/aromatic N) is 1. The Bertz CT molecular complexity index is 538. The number of imide groups is 1. The number of hydrogen-bond acceptors (Lipinski definition) is 3. The van der Waals surface area contributed by atoms with Crippen LogP contribution < -0.4 is 4.90 Å². The highest BCUT2D eigenvalue weighted by Crippen LogP contribution is 2.37. The van der Waals surface area contributed by atoms with Crippen molar-refractivity contribution in [3.63, 3.8) is 0 Å². The summed E-state index contributed by atoms with van der Waals surface area (Å²) in [4.78, 5) is 37.5. The first kappa shape index (κ1) is 12.1. The van der Waals surface area contributed by atoms with Gasteiger partial charge < -0.3 is 0 Å². The Morgan fingerprint density at radius 3 is 2.37 bits per heavy atom. The first-order chi connectivity index (χ1) is 9.18. The Kier molecular flexibility index (Phi) is 2.93. The molecule has 0 aromatic heterocycles. The maximum Gasteiger partial charge on any atom is 0.238 e. The minimum atomic E-state index is -0.442. The zero-order valence-electron chi connectivity index (χ0n) is 10.5. The van der Waals surface area contributed by atoms with Crippen LogP contribution in [-0.4, -0.2) is 17.6 Å². The van der Waals surface area contributed by atoms with Gasteiger partial charge in [0.15, 0.2) is 0 Å². The SMILES string of the molecule is O=C1CCC[C@H]1[C@H]1CC(=O)N(c2ccccc2)C1=O. The highest BCUT2D eigenvalue weighted by Gasteiger charge is 2.46. The molecule has 0 spiro atoms. The molecule has 3 rings (SSSR count). The molecule has 0 radical (unpaired) electrons. The third-order valence-corrected chi connectivity index (χ3v) is 4.03. The summed E-state index contributed by atoms with van der Waals surface area (Å²) in [6.45, 7) is 0. The van der Waals surface area contributed by atoms with E-state index in [4.69, 9.17) is 0 Å². The normalized spacial score (nSPS) is 27.4. The average Bonchev–Trinajstić information content (AvgIpc) is 2.94. The summed E-state index contributed by atoms with van der Waals surface area (Å²) in [5.74, 6) is -0.953. The minimum Gasteiger partial charge on any atom is -0.299 e. The monoisotopic (exact) mass is 257 g/mol. The smallest absolute Gasteiger partial charge is 0.238 e. The van der Waals surface area contributed by atoms with Crippen LogP contribution in [0.3, 0.4) is 0 Å². The highest BCUT2D eigenvalue weighted by atomic mass is 16.2. The van der Waals surface area contributed by atoms with E-state index < -0.39 is 5.92 Å². The van der Waals surface area contributed by atoms with E-state index in [9.17, 15) is 14.4 Å². The lowest BCUT2D eigenvalue weighted by atomic mass is 9.89. The number of para-hydroxylation sites is 1. The molecule has 1 saturated carbocycles. The summed E-state index contributed by atoms with van der Waals surface area (Å²) in [5.41, 5.74) is 0.602. The van der Waals surface area contributed by atoms with Crippen molar-refractivity contribution < 1.29 is 14.4 Å². The van der Waals surface area contributed by atoms with Crippen LogP contribution in [0.1, 0.15) is 25.7 Å². The van der Waals surface area contributed by atoms with Gasteiger partial charge in [0.25, 0.3) is 0 Å². The van der Waals surface area contributed by atoms with Gasteiger partial charge in [-0.2, -0.15) is 0 Å². The van der Waals surface area contributed by atoms with E-state index in [1.165, 1.54) is 4.90 Å². The van der Waals surface area contributed by atoms with Crippen LogP contribution in [0, 0.1) is 11.8 Å². The predicted octanol–water partition coefficient (Wildman–Crippen LogP) is 1.94. The number of benzene rings is 1. The summed E-state index contributed by atoms with van der Waals surface area (Å²) < 4.78 is 0. The van der Waals surface area contributed by atoms with Crippen molar-refractivity contribution in [3.05, 3.63) is 30.3 Å². The van der Waals surface area contributed by atoms with E-state index in [0.29, 0.717) is 12.1 Å². The second-order valence-electron chi connectivity index (χ2n) is 5.18. The third kappa shape index (κ3) is 1.97. The maximum atomic E-state index is 12.4. The molecule has 19 heavy (non-hydrogen) atoms. The second kappa shape index (κ2) is 4.61. The number of hydrogen-bond donors (Lipinski definition) is 0. The summed E-state index contributed by atoms with van der Waals surface area (Å²) in [6.07, 6.45) is 2.30. The van der Waals surface area contributed by atoms with Crippen LogP contribution >= 0.6 is 0 Å². The van der Waals surface area contributed by atoms with Gasteiger partial charge in [-0.3, -0.25) is 19.3 Å². The van der Waals surface area contributed by atoms with Crippen LogP contribution in [0.25, 0.3) is 0 Å². The Morgan fingerprint density at radius 1 is 1.00 bits per heavy atom. The van der Waals surface area contributed by atoms with E-state index in [1.807, 2.05) is 6.07 Å². The topological polar surface area (TPSA) is 54.5 Å². The molecule has 1 aromatic carbocycles. The van der Waals surface area contributed by atoms with Gasteiger partial charge in [0.2, 0.25) is 11.8 Å². The zero-order valence-corrected chi connectivity index (χ0v) is 10.5. The zero-order chi connectivity index (χ0) is 13.4. The molecule has 1 aliphatic heterocycles. The van der Waals surface area contributed by atoms with Gasteiger partial charge in [0, 0.05) is 18.8 Å². The second-order valence-corrected chi connectivity index (χ2v) is 5.18. The molecule has 1 aliphatic carbocycles. The molecule has 0 bridgehead atoms. The maximum absolute atomic E-state index is 12.4. The predicted molar refractivity (Wildman–Crippen MR) is 69.4 cm³/mol. The standard InChI is InChI=1S/C15H15NO3/c17-13-8-4-7-11(13)12-9-14(18)16(15(12)19)10-5-2-1-3-6-10/h1-3,5-6,11-12H,4,7-9H2/t11-,12+/m0/s1. The van der Waals surface area contributed by atoms with Crippen LogP contribution in [0.5, 0.6) is 0 Å². The quantitative estimate of drug-likeness (QED) is 0.761.